The van der Waals surface area contributed by atoms with Crippen LogP contribution in [0, 0.1) is 0 Å². The average molecular weight is 287 g/mol. The van der Waals surface area contributed by atoms with Gasteiger partial charge in [0.2, 0.25) is 0 Å². The largest absolute Gasteiger partial charge is 0.334 e. The van der Waals surface area contributed by atoms with Crippen LogP contribution in [0.5, 0.6) is 0 Å². The molecule has 4 heteroatoms. The molecule has 2 aromatic rings. The number of nitrogens with zero attached hydrogens (tertiary/aromatic N) is 2. The van der Waals surface area contributed by atoms with E-state index in [4.69, 9.17) is 11.6 Å². The molecule has 2 heterocycles. The first-order chi connectivity index (χ1) is 9.74. The number of benzene rings is 1. The van der Waals surface area contributed by atoms with Crippen LogP contribution in [0.15, 0.2) is 42.6 Å². The van der Waals surface area contributed by atoms with Gasteiger partial charge in [-0.25, -0.2) is 4.98 Å². The van der Waals surface area contributed by atoms with Gasteiger partial charge in [-0.15, -0.1) is 0 Å². The Labute approximate surface area is 123 Å². The monoisotopic (exact) mass is 286 g/mol. The van der Waals surface area contributed by atoms with Crippen LogP contribution in [0.1, 0.15) is 27.9 Å². The number of pyridine rings is 1. The van der Waals surface area contributed by atoms with Gasteiger partial charge in [-0.1, -0.05) is 35.9 Å². The van der Waals surface area contributed by atoms with Crippen molar-refractivity contribution in [3.8, 4) is 0 Å². The average Bonchev–Trinajstić information content (AvgIpc) is 2.69. The Kier molecular flexibility index (Phi) is 3.70. The van der Waals surface area contributed by atoms with Gasteiger partial charge < -0.3 is 4.90 Å². The Morgan fingerprint density at radius 1 is 1.15 bits per heavy atom. The van der Waals surface area contributed by atoms with E-state index in [1.165, 1.54) is 11.1 Å². The summed E-state index contributed by atoms with van der Waals surface area (Å²) < 4.78 is 0. The zero-order chi connectivity index (χ0) is 13.9. The molecule has 102 valence electrons. The number of carbonyl (C=O) groups is 1. The normalized spacial score (nSPS) is 14.6. The minimum absolute atomic E-state index is 0.0193. The van der Waals surface area contributed by atoms with Gasteiger partial charge >= 0.3 is 0 Å². The fraction of sp³-hybridized carbons (Fsp3) is 0.250. The van der Waals surface area contributed by atoms with Crippen LogP contribution in [0.4, 0.5) is 0 Å². The van der Waals surface area contributed by atoms with E-state index in [0.717, 1.165) is 19.4 Å². The predicted octanol–water partition coefficient (Wildman–Crippen LogP) is 3.32. The van der Waals surface area contributed by atoms with Crippen molar-refractivity contribution in [1.29, 1.82) is 0 Å². The number of halogens is 1. The van der Waals surface area contributed by atoms with Crippen molar-refractivity contribution >= 4 is 17.5 Å². The summed E-state index contributed by atoms with van der Waals surface area (Å²) in [5.41, 5.74) is 3.17. The number of carbonyl (C=O) groups excluding carboxylic acids is 1. The van der Waals surface area contributed by atoms with E-state index in [1.54, 1.807) is 18.3 Å². The highest BCUT2D eigenvalue weighted by molar-refractivity contribution is 6.29. The van der Waals surface area contributed by atoms with Crippen molar-refractivity contribution in [2.75, 3.05) is 6.54 Å². The van der Waals surface area contributed by atoms with Crippen molar-refractivity contribution in [3.63, 3.8) is 0 Å². The highest BCUT2D eigenvalue weighted by atomic mass is 35.5. The Morgan fingerprint density at radius 2 is 1.95 bits per heavy atom. The molecule has 20 heavy (non-hydrogen) atoms. The summed E-state index contributed by atoms with van der Waals surface area (Å²) in [5, 5.41) is 0.405. The summed E-state index contributed by atoms with van der Waals surface area (Å²) in [6.07, 6.45) is 3.56. The summed E-state index contributed by atoms with van der Waals surface area (Å²) in [6.45, 7) is 1.44. The van der Waals surface area contributed by atoms with Crippen molar-refractivity contribution in [3.05, 3.63) is 64.4 Å². The molecule has 0 aliphatic carbocycles. The van der Waals surface area contributed by atoms with Crippen LogP contribution in [0.25, 0.3) is 0 Å². The van der Waals surface area contributed by atoms with E-state index in [9.17, 15) is 4.79 Å². The molecule has 0 saturated carbocycles. The zero-order valence-electron chi connectivity index (χ0n) is 11.1. The molecule has 1 aliphatic heterocycles. The molecule has 0 radical (unpaired) electrons. The van der Waals surface area contributed by atoms with Gasteiger partial charge in [-0.2, -0.15) is 0 Å². The number of aromatic nitrogens is 1. The quantitative estimate of drug-likeness (QED) is 0.754. The Bertz CT molecular complexity index is 625. The van der Waals surface area contributed by atoms with Crippen LogP contribution in [0.2, 0.25) is 5.15 Å². The minimum atomic E-state index is 0.0193. The molecular weight excluding hydrogens is 272 g/mol. The van der Waals surface area contributed by atoms with Crippen LogP contribution < -0.4 is 0 Å². The van der Waals surface area contributed by atoms with Crippen LogP contribution >= 0.6 is 11.6 Å². The number of hydrogen-bond donors (Lipinski definition) is 0. The summed E-state index contributed by atoms with van der Waals surface area (Å²) in [6, 6.07) is 11.7. The van der Waals surface area contributed by atoms with E-state index in [2.05, 4.69) is 23.2 Å². The van der Waals surface area contributed by atoms with E-state index < -0.39 is 0 Å². The molecule has 3 rings (SSSR count). The maximum atomic E-state index is 12.5. The van der Waals surface area contributed by atoms with Gasteiger partial charge in [0.25, 0.3) is 5.91 Å². The Hall–Kier alpha value is -1.87. The summed E-state index contributed by atoms with van der Waals surface area (Å²) in [5.74, 6) is 0.0193. The molecule has 0 unspecified atom stereocenters. The molecule has 1 aliphatic rings. The lowest BCUT2D eigenvalue weighted by Crippen LogP contribution is -2.30. The molecule has 0 spiro atoms. The number of fused-ring (bicyclic) bond motifs is 1. The number of aryl methyl sites for hydroxylation is 1. The molecule has 0 saturated heterocycles. The van der Waals surface area contributed by atoms with Crippen molar-refractivity contribution in [1.82, 2.24) is 9.88 Å². The topological polar surface area (TPSA) is 33.2 Å². The van der Waals surface area contributed by atoms with Crippen LogP contribution in [-0.4, -0.2) is 22.3 Å². The molecule has 0 N–H and O–H groups in total. The van der Waals surface area contributed by atoms with Gasteiger partial charge in [-0.3, -0.25) is 4.79 Å². The summed E-state index contributed by atoms with van der Waals surface area (Å²) in [4.78, 5) is 18.4. The van der Waals surface area contributed by atoms with E-state index >= 15 is 0 Å². The zero-order valence-corrected chi connectivity index (χ0v) is 11.8. The van der Waals surface area contributed by atoms with Gasteiger partial charge in [0, 0.05) is 19.3 Å². The molecule has 0 fully saturated rings. The van der Waals surface area contributed by atoms with Gasteiger partial charge in [0.1, 0.15) is 5.15 Å². The first-order valence-corrected chi connectivity index (χ1v) is 7.09. The lowest BCUT2D eigenvalue weighted by Gasteiger charge is -2.20. The maximum absolute atomic E-state index is 12.5. The fourth-order valence-corrected chi connectivity index (χ4v) is 2.67. The molecule has 0 atom stereocenters. The second-order valence-electron chi connectivity index (χ2n) is 4.97. The fourth-order valence-electron chi connectivity index (χ4n) is 2.56. The second kappa shape index (κ2) is 5.63. The first-order valence-electron chi connectivity index (χ1n) is 6.71. The third-order valence-corrected chi connectivity index (χ3v) is 3.84. The molecular formula is C16H15ClN2O. The van der Waals surface area contributed by atoms with E-state index in [0.29, 0.717) is 17.3 Å². The summed E-state index contributed by atoms with van der Waals surface area (Å²) >= 11 is 5.76. The van der Waals surface area contributed by atoms with Crippen LogP contribution in [0.3, 0.4) is 0 Å². The Morgan fingerprint density at radius 3 is 2.70 bits per heavy atom. The van der Waals surface area contributed by atoms with Gasteiger partial charge in [-0.05, 0) is 36.1 Å². The molecule has 1 aromatic carbocycles. The number of amides is 1. The maximum Gasteiger partial charge on any atom is 0.255 e. The van der Waals surface area contributed by atoms with Crippen molar-refractivity contribution in [2.45, 2.75) is 19.4 Å². The third kappa shape index (κ3) is 2.68. The first kappa shape index (κ1) is 13.1. The second-order valence-corrected chi connectivity index (χ2v) is 5.36. The number of hydrogen-bond acceptors (Lipinski definition) is 2. The van der Waals surface area contributed by atoms with Gasteiger partial charge in [0.15, 0.2) is 0 Å². The van der Waals surface area contributed by atoms with E-state index in [-0.39, 0.29) is 5.91 Å². The lowest BCUT2D eigenvalue weighted by molar-refractivity contribution is 0.0745. The lowest BCUT2D eigenvalue weighted by atomic mass is 10.0. The molecule has 1 amide bonds. The van der Waals surface area contributed by atoms with Crippen molar-refractivity contribution in [2.24, 2.45) is 0 Å². The molecule has 1 aromatic heterocycles. The van der Waals surface area contributed by atoms with E-state index in [1.807, 2.05) is 11.0 Å². The molecule has 0 bridgehead atoms. The van der Waals surface area contributed by atoms with Gasteiger partial charge in [0.05, 0.1) is 5.56 Å². The predicted molar refractivity (Wildman–Crippen MR) is 78.8 cm³/mol. The standard InChI is InChI=1S/C16H15ClN2O/c17-15-8-7-13(10-18-15)16(20)19-9-3-6-12-4-1-2-5-14(12)11-19/h1-2,4-5,7-8,10H,3,6,9,11H2. The highest BCUT2D eigenvalue weighted by Crippen LogP contribution is 2.20. The highest BCUT2D eigenvalue weighted by Gasteiger charge is 2.20. The Balaban J connectivity index is 1.84. The smallest absolute Gasteiger partial charge is 0.255 e. The third-order valence-electron chi connectivity index (χ3n) is 3.62. The summed E-state index contributed by atoms with van der Waals surface area (Å²) in [7, 11) is 0. The number of rotatable bonds is 1. The minimum Gasteiger partial charge on any atom is -0.334 e. The van der Waals surface area contributed by atoms with Crippen LogP contribution in [-0.2, 0) is 13.0 Å². The van der Waals surface area contributed by atoms with Crippen molar-refractivity contribution < 1.29 is 4.79 Å². The SMILES string of the molecule is O=C(c1ccc(Cl)nc1)N1CCCc2ccccc2C1. The molecule has 3 nitrogen and oxygen atoms in total.